The van der Waals surface area contributed by atoms with Crippen molar-refractivity contribution in [1.82, 2.24) is 4.90 Å². The molecular weight excluding hydrogens is 294 g/mol. The Bertz CT molecular complexity index is 651. The van der Waals surface area contributed by atoms with Crippen LogP contribution in [0.25, 0.3) is 0 Å². The van der Waals surface area contributed by atoms with E-state index in [1.807, 2.05) is 26.0 Å². The molecule has 0 saturated carbocycles. The zero-order valence-corrected chi connectivity index (χ0v) is 13.4. The first-order valence-electron chi connectivity index (χ1n) is 8.19. The summed E-state index contributed by atoms with van der Waals surface area (Å²) in [7, 11) is 0. The van der Waals surface area contributed by atoms with E-state index in [-0.39, 0.29) is 29.8 Å². The molecule has 5 heteroatoms. The molecular formula is C18H21NO4. The molecule has 2 amide bonds. The number of likely N-dealkylation sites (tertiary alicyclic amines) is 1. The van der Waals surface area contributed by atoms with Gasteiger partial charge in [0.15, 0.2) is 0 Å². The summed E-state index contributed by atoms with van der Waals surface area (Å²) in [5.41, 5.74) is -0.445. The number of phenolic OH excluding ortho intramolecular Hbond substituents is 1. The third kappa shape index (κ3) is 1.66. The number of ether oxygens (including phenoxy) is 1. The minimum absolute atomic E-state index is 0.0871. The number of rotatable bonds is 3. The molecule has 1 aromatic carbocycles. The van der Waals surface area contributed by atoms with E-state index < -0.39 is 10.8 Å². The molecule has 5 nitrogen and oxygen atoms in total. The number of hydrogen-bond acceptors (Lipinski definition) is 4. The van der Waals surface area contributed by atoms with Gasteiger partial charge in [-0.25, -0.2) is 0 Å². The quantitative estimate of drug-likeness (QED) is 0.865. The molecule has 23 heavy (non-hydrogen) atoms. The van der Waals surface area contributed by atoms with Crippen LogP contribution in [0, 0.1) is 10.8 Å². The molecule has 0 aliphatic carbocycles. The number of hydrogen-bond donors (Lipinski definition) is 1. The first-order valence-corrected chi connectivity index (χ1v) is 8.19. The Balaban J connectivity index is 1.58. The summed E-state index contributed by atoms with van der Waals surface area (Å²) in [6.07, 6.45) is 2.06. The van der Waals surface area contributed by atoms with Crippen molar-refractivity contribution < 1.29 is 19.4 Å². The average Bonchev–Trinajstić information content (AvgIpc) is 3.15. The Morgan fingerprint density at radius 2 is 1.61 bits per heavy atom. The molecule has 4 rings (SSSR count). The molecule has 0 spiro atoms. The smallest absolute Gasteiger partial charge is 0.238 e. The highest BCUT2D eigenvalue weighted by Gasteiger charge is 2.76. The molecule has 3 aliphatic rings. The summed E-state index contributed by atoms with van der Waals surface area (Å²) in [6, 6.07) is 6.87. The van der Waals surface area contributed by atoms with Gasteiger partial charge in [0.1, 0.15) is 5.75 Å². The summed E-state index contributed by atoms with van der Waals surface area (Å²) in [4.78, 5) is 27.4. The summed E-state index contributed by atoms with van der Waals surface area (Å²) >= 11 is 0. The highest BCUT2D eigenvalue weighted by molar-refractivity contribution is 6.10. The number of benzene rings is 1. The van der Waals surface area contributed by atoms with Gasteiger partial charge in [0.05, 0.1) is 23.0 Å². The molecule has 0 radical (unpaired) electrons. The van der Waals surface area contributed by atoms with Crippen LogP contribution in [0.2, 0.25) is 0 Å². The zero-order valence-electron chi connectivity index (χ0n) is 13.4. The van der Waals surface area contributed by atoms with Crippen LogP contribution in [0.15, 0.2) is 24.3 Å². The van der Waals surface area contributed by atoms with Gasteiger partial charge in [0, 0.05) is 6.54 Å². The Hall–Kier alpha value is -1.88. The molecule has 3 saturated heterocycles. The van der Waals surface area contributed by atoms with E-state index in [0.717, 1.165) is 18.4 Å². The first-order chi connectivity index (χ1) is 10.9. The maximum atomic E-state index is 13.0. The van der Waals surface area contributed by atoms with E-state index in [1.165, 1.54) is 4.90 Å². The standard InChI is InChI=1S/C18H21NO4/c1-17-13-7-8-14(23-13)18(17,2)16(22)19(15(17)21)10-9-11-3-5-12(20)6-4-11/h3-6,13-14,20H,7-10H2,1-2H3/t13?,14?,17-,18+. The second-order valence-electron chi connectivity index (χ2n) is 7.27. The topological polar surface area (TPSA) is 66.8 Å². The third-order valence-corrected chi connectivity index (χ3v) is 6.33. The summed E-state index contributed by atoms with van der Waals surface area (Å²) in [6.45, 7) is 4.18. The number of aromatic hydroxyl groups is 1. The van der Waals surface area contributed by atoms with E-state index in [9.17, 15) is 14.7 Å². The lowest BCUT2D eigenvalue weighted by Crippen LogP contribution is -2.48. The van der Waals surface area contributed by atoms with Crippen molar-refractivity contribution >= 4 is 11.8 Å². The van der Waals surface area contributed by atoms with Crippen molar-refractivity contribution in [3.8, 4) is 5.75 Å². The van der Waals surface area contributed by atoms with Crippen LogP contribution in [0.3, 0.4) is 0 Å². The number of nitrogens with zero attached hydrogens (tertiary/aromatic N) is 1. The molecule has 3 fully saturated rings. The van der Waals surface area contributed by atoms with Gasteiger partial charge in [-0.3, -0.25) is 14.5 Å². The SMILES string of the molecule is C[C@@]12C(=O)N(CCc3ccc(O)cc3)C(=O)[C@]1(C)C1CCC2O1. The van der Waals surface area contributed by atoms with Crippen LogP contribution in [0.5, 0.6) is 5.75 Å². The Morgan fingerprint density at radius 1 is 1.09 bits per heavy atom. The lowest BCUT2D eigenvalue weighted by Gasteiger charge is -2.36. The van der Waals surface area contributed by atoms with Gasteiger partial charge in [0.25, 0.3) is 0 Å². The number of imide groups is 1. The fourth-order valence-electron chi connectivity index (χ4n) is 4.63. The number of phenols is 1. The molecule has 2 unspecified atom stereocenters. The fraction of sp³-hybridized carbons (Fsp3) is 0.556. The lowest BCUT2D eigenvalue weighted by atomic mass is 9.59. The summed E-state index contributed by atoms with van der Waals surface area (Å²) < 4.78 is 5.91. The Morgan fingerprint density at radius 3 is 2.13 bits per heavy atom. The molecule has 3 heterocycles. The minimum Gasteiger partial charge on any atom is -0.508 e. The molecule has 0 aromatic heterocycles. The van der Waals surface area contributed by atoms with Gasteiger partial charge in [-0.05, 0) is 50.8 Å². The molecule has 1 N–H and O–H groups in total. The van der Waals surface area contributed by atoms with E-state index in [0.29, 0.717) is 13.0 Å². The Labute approximate surface area is 135 Å². The fourth-order valence-corrected chi connectivity index (χ4v) is 4.63. The number of fused-ring (bicyclic) bond motifs is 5. The second kappa shape index (κ2) is 4.57. The van der Waals surface area contributed by atoms with Crippen LogP contribution in [-0.4, -0.2) is 40.6 Å². The van der Waals surface area contributed by atoms with Crippen molar-refractivity contribution in [1.29, 1.82) is 0 Å². The van der Waals surface area contributed by atoms with Gasteiger partial charge in [0.2, 0.25) is 11.8 Å². The average molecular weight is 315 g/mol. The third-order valence-electron chi connectivity index (χ3n) is 6.33. The Kier molecular flexibility index (Phi) is 2.92. The lowest BCUT2D eigenvalue weighted by molar-refractivity contribution is -0.145. The predicted octanol–water partition coefficient (Wildman–Crippen LogP) is 1.88. The summed E-state index contributed by atoms with van der Waals surface area (Å²) in [5.74, 6) is 0.0392. The summed E-state index contributed by atoms with van der Waals surface area (Å²) in [5, 5.41) is 9.33. The van der Waals surface area contributed by atoms with Crippen molar-refractivity contribution in [3.63, 3.8) is 0 Å². The van der Waals surface area contributed by atoms with Crippen molar-refractivity contribution in [2.45, 2.75) is 45.3 Å². The maximum Gasteiger partial charge on any atom is 0.238 e. The van der Waals surface area contributed by atoms with E-state index in [1.54, 1.807) is 12.1 Å². The molecule has 122 valence electrons. The van der Waals surface area contributed by atoms with Crippen molar-refractivity contribution in [3.05, 3.63) is 29.8 Å². The monoisotopic (exact) mass is 315 g/mol. The maximum absolute atomic E-state index is 13.0. The molecule has 1 aromatic rings. The molecule has 2 bridgehead atoms. The number of amides is 2. The molecule has 3 aliphatic heterocycles. The van der Waals surface area contributed by atoms with Gasteiger partial charge in [-0.15, -0.1) is 0 Å². The van der Waals surface area contributed by atoms with Gasteiger partial charge in [-0.2, -0.15) is 0 Å². The van der Waals surface area contributed by atoms with Gasteiger partial charge < -0.3 is 9.84 Å². The van der Waals surface area contributed by atoms with Crippen LogP contribution < -0.4 is 0 Å². The van der Waals surface area contributed by atoms with Gasteiger partial charge >= 0.3 is 0 Å². The number of carbonyl (C=O) groups excluding carboxylic acids is 2. The zero-order chi connectivity index (χ0) is 16.4. The van der Waals surface area contributed by atoms with E-state index in [4.69, 9.17) is 4.74 Å². The van der Waals surface area contributed by atoms with Gasteiger partial charge in [-0.1, -0.05) is 12.1 Å². The van der Waals surface area contributed by atoms with Crippen LogP contribution in [-0.2, 0) is 20.7 Å². The minimum atomic E-state index is -0.720. The highest BCUT2D eigenvalue weighted by Crippen LogP contribution is 2.64. The second-order valence-corrected chi connectivity index (χ2v) is 7.27. The van der Waals surface area contributed by atoms with Crippen LogP contribution in [0.1, 0.15) is 32.3 Å². The van der Waals surface area contributed by atoms with Crippen molar-refractivity contribution in [2.24, 2.45) is 10.8 Å². The largest absolute Gasteiger partial charge is 0.508 e. The number of carbonyl (C=O) groups is 2. The van der Waals surface area contributed by atoms with Crippen molar-refractivity contribution in [2.75, 3.05) is 6.54 Å². The van der Waals surface area contributed by atoms with E-state index in [2.05, 4.69) is 0 Å². The first kappa shape index (κ1) is 14.7. The van der Waals surface area contributed by atoms with Crippen LogP contribution >= 0.6 is 0 Å². The van der Waals surface area contributed by atoms with E-state index >= 15 is 0 Å². The molecule has 4 atom stereocenters. The van der Waals surface area contributed by atoms with Crippen LogP contribution in [0.4, 0.5) is 0 Å². The highest BCUT2D eigenvalue weighted by atomic mass is 16.5. The predicted molar refractivity (Wildman–Crippen MR) is 82.6 cm³/mol. The normalized spacial score (nSPS) is 38.4.